The van der Waals surface area contributed by atoms with Crippen molar-refractivity contribution in [3.63, 3.8) is 0 Å². The zero-order chi connectivity index (χ0) is 16.2. The first-order valence-corrected chi connectivity index (χ1v) is 7.90. The third kappa shape index (κ3) is 4.40. The fourth-order valence-electron chi connectivity index (χ4n) is 2.48. The summed E-state index contributed by atoms with van der Waals surface area (Å²) in [4.78, 5) is 22.7. The molecule has 122 valence electrons. The molecule has 1 atom stereocenters. The Hall–Kier alpha value is -1.69. The highest BCUT2D eigenvalue weighted by Gasteiger charge is 2.24. The van der Waals surface area contributed by atoms with Crippen LogP contribution in [0.5, 0.6) is 0 Å². The van der Waals surface area contributed by atoms with E-state index in [4.69, 9.17) is 4.74 Å². The molecule has 0 aromatic carbocycles. The van der Waals surface area contributed by atoms with Crippen molar-refractivity contribution in [2.24, 2.45) is 0 Å². The van der Waals surface area contributed by atoms with Crippen LogP contribution in [0.3, 0.4) is 0 Å². The molecular weight excluding hydrogens is 280 g/mol. The van der Waals surface area contributed by atoms with Gasteiger partial charge in [-0.2, -0.15) is 0 Å². The first-order chi connectivity index (χ1) is 10.4. The van der Waals surface area contributed by atoms with Gasteiger partial charge in [-0.05, 0) is 19.8 Å². The average Bonchev–Trinajstić information content (AvgIpc) is 2.47. The molecule has 1 N–H and O–H groups in total. The van der Waals surface area contributed by atoms with E-state index in [0.29, 0.717) is 18.8 Å². The van der Waals surface area contributed by atoms with Crippen LogP contribution in [0.4, 0.5) is 10.5 Å². The monoisotopic (exact) mass is 306 g/mol. The molecule has 6 heteroatoms. The standard InChI is InChI=1S/C16H26N4O2/c1-5-22-13-7-6-8-20(11-13)15(21)19-12-9-17-14(18-10-12)16(2,3)4/h9-10,13H,5-8,11H2,1-4H3,(H,19,21)/t13-/m0/s1. The summed E-state index contributed by atoms with van der Waals surface area (Å²) in [7, 11) is 0. The van der Waals surface area contributed by atoms with Crippen LogP contribution in [0, 0.1) is 0 Å². The van der Waals surface area contributed by atoms with E-state index in [9.17, 15) is 4.79 Å². The Kier molecular flexibility index (Phi) is 5.34. The number of nitrogens with zero attached hydrogens (tertiary/aromatic N) is 3. The Morgan fingerprint density at radius 3 is 2.68 bits per heavy atom. The zero-order valence-corrected chi connectivity index (χ0v) is 13.9. The number of urea groups is 1. The smallest absolute Gasteiger partial charge is 0.322 e. The quantitative estimate of drug-likeness (QED) is 0.932. The fourth-order valence-corrected chi connectivity index (χ4v) is 2.48. The van der Waals surface area contributed by atoms with Crippen LogP contribution in [-0.2, 0) is 10.2 Å². The number of hydrogen-bond acceptors (Lipinski definition) is 4. The molecule has 0 radical (unpaired) electrons. The molecule has 0 saturated carbocycles. The molecule has 1 aromatic rings. The number of carbonyl (C=O) groups excluding carboxylic acids is 1. The highest BCUT2D eigenvalue weighted by atomic mass is 16.5. The molecule has 0 unspecified atom stereocenters. The number of aromatic nitrogens is 2. The molecule has 0 spiro atoms. The third-order valence-electron chi connectivity index (χ3n) is 3.64. The largest absolute Gasteiger partial charge is 0.377 e. The normalized spacial score (nSPS) is 19.1. The van der Waals surface area contributed by atoms with E-state index in [1.807, 2.05) is 6.92 Å². The summed E-state index contributed by atoms with van der Waals surface area (Å²) >= 11 is 0. The maximum absolute atomic E-state index is 12.3. The van der Waals surface area contributed by atoms with E-state index in [1.165, 1.54) is 0 Å². The molecule has 1 aliphatic heterocycles. The number of rotatable bonds is 3. The number of hydrogen-bond donors (Lipinski definition) is 1. The summed E-state index contributed by atoms with van der Waals surface area (Å²) < 4.78 is 5.62. The lowest BCUT2D eigenvalue weighted by Crippen LogP contribution is -2.45. The van der Waals surface area contributed by atoms with Gasteiger partial charge in [0.05, 0.1) is 24.2 Å². The number of anilines is 1. The van der Waals surface area contributed by atoms with Crippen LogP contribution in [0.15, 0.2) is 12.4 Å². The molecule has 6 nitrogen and oxygen atoms in total. The second-order valence-corrected chi connectivity index (χ2v) is 6.64. The second-order valence-electron chi connectivity index (χ2n) is 6.64. The molecule has 1 saturated heterocycles. The topological polar surface area (TPSA) is 67.3 Å². The van der Waals surface area contributed by atoms with Crippen LogP contribution < -0.4 is 5.32 Å². The van der Waals surface area contributed by atoms with Crippen LogP contribution >= 0.6 is 0 Å². The Morgan fingerprint density at radius 1 is 1.41 bits per heavy atom. The second kappa shape index (κ2) is 7.05. The van der Waals surface area contributed by atoms with Crippen molar-refractivity contribution in [3.8, 4) is 0 Å². The van der Waals surface area contributed by atoms with E-state index in [1.54, 1.807) is 17.3 Å². The third-order valence-corrected chi connectivity index (χ3v) is 3.64. The van der Waals surface area contributed by atoms with Gasteiger partial charge in [-0.15, -0.1) is 0 Å². The summed E-state index contributed by atoms with van der Waals surface area (Å²) in [6, 6.07) is -0.114. The molecule has 1 aromatic heterocycles. The van der Waals surface area contributed by atoms with Gasteiger partial charge < -0.3 is 15.0 Å². The van der Waals surface area contributed by atoms with Crippen molar-refractivity contribution >= 4 is 11.7 Å². The van der Waals surface area contributed by atoms with Crippen molar-refractivity contribution in [2.45, 2.75) is 52.1 Å². The number of carbonyl (C=O) groups is 1. The van der Waals surface area contributed by atoms with Gasteiger partial charge in [-0.3, -0.25) is 0 Å². The highest BCUT2D eigenvalue weighted by molar-refractivity contribution is 5.89. The predicted molar refractivity (Wildman–Crippen MR) is 86.0 cm³/mol. The minimum absolute atomic E-state index is 0.0971. The van der Waals surface area contributed by atoms with Crippen LogP contribution in [0.2, 0.25) is 0 Å². The molecule has 0 bridgehead atoms. The molecule has 1 aliphatic rings. The molecule has 22 heavy (non-hydrogen) atoms. The maximum Gasteiger partial charge on any atom is 0.322 e. The van der Waals surface area contributed by atoms with Crippen LogP contribution in [-0.4, -0.2) is 46.7 Å². The predicted octanol–water partition coefficient (Wildman–Crippen LogP) is 2.81. The van der Waals surface area contributed by atoms with Crippen LogP contribution in [0.1, 0.15) is 46.4 Å². The number of likely N-dealkylation sites (tertiary alicyclic amines) is 1. The minimum atomic E-state index is -0.114. The number of amides is 2. The SMILES string of the molecule is CCO[C@H]1CCCN(C(=O)Nc2cnc(C(C)(C)C)nc2)C1. The molecular formula is C16H26N4O2. The van der Waals surface area contributed by atoms with Gasteiger partial charge in [0.1, 0.15) is 5.82 Å². The Balaban J connectivity index is 1.94. The van der Waals surface area contributed by atoms with Gasteiger partial charge in [-0.25, -0.2) is 14.8 Å². The summed E-state index contributed by atoms with van der Waals surface area (Å²) in [5, 5.41) is 2.86. The molecule has 1 fully saturated rings. The minimum Gasteiger partial charge on any atom is -0.377 e. The lowest BCUT2D eigenvalue weighted by molar-refractivity contribution is 0.0181. The van der Waals surface area contributed by atoms with Gasteiger partial charge in [0.2, 0.25) is 0 Å². The molecule has 2 amide bonds. The summed E-state index contributed by atoms with van der Waals surface area (Å²) in [5.74, 6) is 0.764. The summed E-state index contributed by atoms with van der Waals surface area (Å²) in [5.41, 5.74) is 0.525. The van der Waals surface area contributed by atoms with Gasteiger partial charge in [0.15, 0.2) is 0 Å². The molecule has 2 heterocycles. The van der Waals surface area contributed by atoms with Crippen molar-refractivity contribution < 1.29 is 9.53 Å². The Morgan fingerprint density at radius 2 is 2.09 bits per heavy atom. The van der Waals surface area contributed by atoms with E-state index in [-0.39, 0.29) is 17.6 Å². The Labute approximate surface area is 132 Å². The van der Waals surface area contributed by atoms with Crippen molar-refractivity contribution in [1.29, 1.82) is 0 Å². The van der Waals surface area contributed by atoms with E-state index in [0.717, 1.165) is 25.2 Å². The van der Waals surface area contributed by atoms with Gasteiger partial charge in [0, 0.05) is 25.1 Å². The van der Waals surface area contributed by atoms with Gasteiger partial charge in [-0.1, -0.05) is 20.8 Å². The number of piperidine rings is 1. The van der Waals surface area contributed by atoms with Gasteiger partial charge in [0.25, 0.3) is 0 Å². The summed E-state index contributed by atoms with van der Waals surface area (Å²) in [6.45, 7) is 10.2. The van der Waals surface area contributed by atoms with Gasteiger partial charge >= 0.3 is 6.03 Å². The molecule has 2 rings (SSSR count). The Bertz CT molecular complexity index is 494. The number of ether oxygens (including phenoxy) is 1. The lowest BCUT2D eigenvalue weighted by atomic mass is 9.96. The molecule has 0 aliphatic carbocycles. The van der Waals surface area contributed by atoms with E-state index in [2.05, 4.69) is 36.1 Å². The lowest BCUT2D eigenvalue weighted by Gasteiger charge is -2.32. The van der Waals surface area contributed by atoms with Crippen LogP contribution in [0.25, 0.3) is 0 Å². The van der Waals surface area contributed by atoms with E-state index >= 15 is 0 Å². The first kappa shape index (κ1) is 16.7. The average molecular weight is 306 g/mol. The number of nitrogens with one attached hydrogen (secondary N) is 1. The highest BCUT2D eigenvalue weighted by Crippen LogP contribution is 2.19. The fraction of sp³-hybridized carbons (Fsp3) is 0.688. The van der Waals surface area contributed by atoms with Crippen molar-refractivity contribution in [2.75, 3.05) is 25.0 Å². The van der Waals surface area contributed by atoms with Crippen molar-refractivity contribution in [3.05, 3.63) is 18.2 Å². The van der Waals surface area contributed by atoms with E-state index < -0.39 is 0 Å². The summed E-state index contributed by atoms with van der Waals surface area (Å²) in [6.07, 6.45) is 5.45. The first-order valence-electron chi connectivity index (χ1n) is 7.90. The van der Waals surface area contributed by atoms with Crippen molar-refractivity contribution in [1.82, 2.24) is 14.9 Å². The zero-order valence-electron chi connectivity index (χ0n) is 13.9. The maximum atomic E-state index is 12.3.